The smallest absolute Gasteiger partial charge is 0.244 e. The van der Waals surface area contributed by atoms with Gasteiger partial charge < -0.3 is 4.57 Å². The predicted molar refractivity (Wildman–Crippen MR) is 103 cm³/mol. The lowest BCUT2D eigenvalue weighted by Gasteiger charge is -2.36. The maximum absolute atomic E-state index is 13.5. The van der Waals surface area contributed by atoms with Crippen LogP contribution in [0.5, 0.6) is 0 Å². The Morgan fingerprint density at radius 1 is 0.963 bits per heavy atom. The number of sulfonamides is 1. The topological polar surface area (TPSA) is 59.4 Å². The number of rotatable bonds is 4. The fraction of sp³-hybridized carbons (Fsp3) is 0.190. The number of hydrogen-bond acceptors (Lipinski definition) is 3. The van der Waals surface area contributed by atoms with Crippen molar-refractivity contribution in [1.29, 1.82) is 0 Å². The van der Waals surface area contributed by atoms with Crippen LogP contribution < -0.4 is 0 Å². The first-order valence-electron chi connectivity index (χ1n) is 8.81. The maximum atomic E-state index is 13.5. The standard InChI is InChI=1S/C21H20N2O3S/c1-16(24)18-9-5-10-19(15-18)27(25,26)23-14-13-22-12-6-11-20(22)21(23)17-7-3-2-4-8-17/h2-12,15,21H,13-14H2,1H3. The van der Waals surface area contributed by atoms with Crippen LogP contribution in [-0.4, -0.2) is 29.6 Å². The molecule has 1 atom stereocenters. The molecule has 0 bridgehead atoms. The molecule has 0 spiro atoms. The first-order chi connectivity index (χ1) is 13.0. The molecule has 0 N–H and O–H groups in total. The normalized spacial score (nSPS) is 17.4. The van der Waals surface area contributed by atoms with Gasteiger partial charge in [0.15, 0.2) is 5.78 Å². The summed E-state index contributed by atoms with van der Waals surface area (Å²) >= 11 is 0. The van der Waals surface area contributed by atoms with Crippen LogP contribution >= 0.6 is 0 Å². The van der Waals surface area contributed by atoms with E-state index in [2.05, 4.69) is 4.57 Å². The van der Waals surface area contributed by atoms with E-state index in [0.717, 1.165) is 11.3 Å². The Labute approximate surface area is 158 Å². The van der Waals surface area contributed by atoms with Crippen molar-refractivity contribution in [3.8, 4) is 0 Å². The molecule has 27 heavy (non-hydrogen) atoms. The highest BCUT2D eigenvalue weighted by atomic mass is 32.2. The molecule has 2 heterocycles. The summed E-state index contributed by atoms with van der Waals surface area (Å²) in [7, 11) is -3.77. The average molecular weight is 380 g/mol. The molecule has 0 fully saturated rings. The number of benzene rings is 2. The van der Waals surface area contributed by atoms with Crippen LogP contribution in [0.2, 0.25) is 0 Å². The van der Waals surface area contributed by atoms with Gasteiger partial charge in [0.2, 0.25) is 10.0 Å². The number of carbonyl (C=O) groups excluding carboxylic acids is 1. The van der Waals surface area contributed by atoms with E-state index in [9.17, 15) is 13.2 Å². The van der Waals surface area contributed by atoms with E-state index in [4.69, 9.17) is 0 Å². The van der Waals surface area contributed by atoms with E-state index in [1.165, 1.54) is 17.3 Å². The van der Waals surface area contributed by atoms with Gasteiger partial charge in [-0.1, -0.05) is 42.5 Å². The third kappa shape index (κ3) is 3.11. The minimum Gasteiger partial charge on any atom is -0.348 e. The summed E-state index contributed by atoms with van der Waals surface area (Å²) in [5.41, 5.74) is 2.26. The van der Waals surface area contributed by atoms with Crippen LogP contribution in [0.25, 0.3) is 0 Å². The Bertz CT molecular complexity index is 1090. The molecule has 0 aliphatic carbocycles. The average Bonchev–Trinajstić information content (AvgIpc) is 3.16. The molecular weight excluding hydrogens is 360 g/mol. The minimum atomic E-state index is -3.77. The van der Waals surface area contributed by atoms with Crippen LogP contribution in [0.4, 0.5) is 0 Å². The Hall–Kier alpha value is -2.70. The molecule has 1 aliphatic rings. The van der Waals surface area contributed by atoms with Crippen molar-refractivity contribution in [3.63, 3.8) is 0 Å². The highest BCUT2D eigenvalue weighted by Crippen LogP contribution is 2.36. The number of aromatic nitrogens is 1. The van der Waals surface area contributed by atoms with Crippen LogP contribution in [0, 0.1) is 0 Å². The quantitative estimate of drug-likeness (QED) is 0.651. The second-order valence-electron chi connectivity index (χ2n) is 6.64. The highest BCUT2D eigenvalue weighted by molar-refractivity contribution is 7.89. The first kappa shape index (κ1) is 17.7. The Balaban J connectivity index is 1.84. The van der Waals surface area contributed by atoms with Crippen molar-refractivity contribution in [2.75, 3.05) is 6.54 Å². The highest BCUT2D eigenvalue weighted by Gasteiger charge is 2.37. The number of Topliss-reactive ketones (excluding diaryl/α,β-unsaturated/α-hetero) is 1. The third-order valence-corrected chi connectivity index (χ3v) is 6.82. The number of hydrogen-bond donors (Lipinski definition) is 0. The molecule has 1 aliphatic heterocycles. The number of nitrogens with zero attached hydrogens (tertiary/aromatic N) is 2. The van der Waals surface area contributed by atoms with E-state index in [0.29, 0.717) is 18.7 Å². The summed E-state index contributed by atoms with van der Waals surface area (Å²) < 4.78 is 30.6. The summed E-state index contributed by atoms with van der Waals surface area (Å²) in [6, 6.07) is 19.4. The zero-order chi connectivity index (χ0) is 19.0. The predicted octanol–water partition coefficient (Wildman–Crippen LogP) is 3.48. The zero-order valence-corrected chi connectivity index (χ0v) is 15.8. The molecule has 0 saturated heterocycles. The van der Waals surface area contributed by atoms with E-state index in [1.54, 1.807) is 18.2 Å². The number of fused-ring (bicyclic) bond motifs is 1. The van der Waals surface area contributed by atoms with Gasteiger partial charge in [-0.25, -0.2) is 8.42 Å². The summed E-state index contributed by atoms with van der Waals surface area (Å²) in [4.78, 5) is 11.9. The molecule has 2 aromatic carbocycles. The SMILES string of the molecule is CC(=O)c1cccc(S(=O)(=O)N2CCn3cccc3C2c2ccccc2)c1. The second kappa shape index (κ2) is 6.79. The van der Waals surface area contributed by atoms with E-state index in [1.807, 2.05) is 48.7 Å². The first-order valence-corrected chi connectivity index (χ1v) is 10.3. The molecule has 1 aromatic heterocycles. The molecule has 4 rings (SSSR count). The van der Waals surface area contributed by atoms with Gasteiger partial charge in [0.1, 0.15) is 0 Å². The molecular formula is C21H20N2O3S. The molecule has 6 heteroatoms. The van der Waals surface area contributed by atoms with Crippen molar-refractivity contribution in [3.05, 3.63) is 89.7 Å². The molecule has 1 unspecified atom stereocenters. The largest absolute Gasteiger partial charge is 0.348 e. The lowest BCUT2D eigenvalue weighted by molar-refractivity contribution is 0.101. The van der Waals surface area contributed by atoms with Gasteiger partial charge >= 0.3 is 0 Å². The van der Waals surface area contributed by atoms with Gasteiger partial charge in [-0.15, -0.1) is 0 Å². The third-order valence-electron chi connectivity index (χ3n) is 4.96. The van der Waals surface area contributed by atoms with Gasteiger partial charge in [0.05, 0.1) is 10.9 Å². The van der Waals surface area contributed by atoms with Gasteiger partial charge in [-0.05, 0) is 36.8 Å². The molecule has 0 saturated carbocycles. The second-order valence-corrected chi connectivity index (χ2v) is 8.53. The molecule has 5 nitrogen and oxygen atoms in total. The summed E-state index contributed by atoms with van der Waals surface area (Å²) in [5.74, 6) is -0.154. The van der Waals surface area contributed by atoms with Gasteiger partial charge in [0.25, 0.3) is 0 Å². The van der Waals surface area contributed by atoms with Crippen molar-refractivity contribution < 1.29 is 13.2 Å². The lowest BCUT2D eigenvalue weighted by Crippen LogP contribution is -2.42. The van der Waals surface area contributed by atoms with E-state index in [-0.39, 0.29) is 10.7 Å². The molecule has 0 amide bonds. The summed E-state index contributed by atoms with van der Waals surface area (Å²) in [5, 5.41) is 0. The van der Waals surface area contributed by atoms with Crippen LogP contribution in [-0.2, 0) is 16.6 Å². The maximum Gasteiger partial charge on any atom is 0.244 e. The Morgan fingerprint density at radius 3 is 2.48 bits per heavy atom. The van der Waals surface area contributed by atoms with Crippen molar-refractivity contribution in [1.82, 2.24) is 8.87 Å². The fourth-order valence-corrected chi connectivity index (χ4v) is 5.23. The molecule has 3 aromatic rings. The van der Waals surface area contributed by atoms with Crippen LogP contribution in [0.15, 0.2) is 77.8 Å². The van der Waals surface area contributed by atoms with Crippen molar-refractivity contribution in [2.45, 2.75) is 24.4 Å². The van der Waals surface area contributed by atoms with Crippen molar-refractivity contribution >= 4 is 15.8 Å². The molecule has 138 valence electrons. The monoisotopic (exact) mass is 380 g/mol. The summed E-state index contributed by atoms with van der Waals surface area (Å²) in [6.45, 7) is 2.40. The van der Waals surface area contributed by atoms with E-state index >= 15 is 0 Å². The minimum absolute atomic E-state index is 0.149. The number of carbonyl (C=O) groups is 1. The Kier molecular flexibility index (Phi) is 4.45. The van der Waals surface area contributed by atoms with Gasteiger partial charge in [-0.2, -0.15) is 4.31 Å². The fourth-order valence-electron chi connectivity index (χ4n) is 3.60. The Morgan fingerprint density at radius 2 is 1.74 bits per heavy atom. The van der Waals surface area contributed by atoms with E-state index < -0.39 is 16.1 Å². The van der Waals surface area contributed by atoms with Crippen LogP contribution in [0.1, 0.15) is 34.6 Å². The van der Waals surface area contributed by atoms with Gasteiger partial charge in [-0.3, -0.25) is 4.79 Å². The number of ketones is 1. The van der Waals surface area contributed by atoms with Gasteiger partial charge in [0, 0.05) is 30.5 Å². The summed E-state index contributed by atoms with van der Waals surface area (Å²) in [6.07, 6.45) is 1.98. The molecule has 0 radical (unpaired) electrons. The lowest BCUT2D eigenvalue weighted by atomic mass is 10.0. The van der Waals surface area contributed by atoms with Crippen molar-refractivity contribution in [2.24, 2.45) is 0 Å². The van der Waals surface area contributed by atoms with Crippen LogP contribution in [0.3, 0.4) is 0 Å². The zero-order valence-electron chi connectivity index (χ0n) is 14.9.